The summed E-state index contributed by atoms with van der Waals surface area (Å²) >= 11 is 0. The molecule has 1 aromatic carbocycles. The molecule has 1 N–H and O–H groups in total. The van der Waals surface area contributed by atoms with E-state index in [4.69, 9.17) is 4.74 Å². The minimum atomic E-state index is -0.173. The highest BCUT2D eigenvalue weighted by Gasteiger charge is 2.20. The molecule has 0 radical (unpaired) electrons. The Bertz CT molecular complexity index is 419. The summed E-state index contributed by atoms with van der Waals surface area (Å²) in [6, 6.07) is 5.98. The molecule has 0 unspecified atom stereocenters. The molecule has 0 aliphatic heterocycles. The Balaban J connectivity index is 1.75. The van der Waals surface area contributed by atoms with Crippen molar-refractivity contribution in [3.05, 3.63) is 35.1 Å². The van der Waals surface area contributed by atoms with Gasteiger partial charge in [-0.05, 0) is 57.6 Å². The van der Waals surface area contributed by atoms with Gasteiger partial charge >= 0.3 is 0 Å². The van der Waals surface area contributed by atoms with Gasteiger partial charge in [-0.3, -0.25) is 0 Å². The van der Waals surface area contributed by atoms with Crippen LogP contribution in [-0.4, -0.2) is 38.2 Å². The summed E-state index contributed by atoms with van der Waals surface area (Å²) in [4.78, 5) is 2.12. The Labute approximate surface area is 121 Å². The third-order valence-electron chi connectivity index (χ3n) is 3.43. The summed E-state index contributed by atoms with van der Waals surface area (Å²) in [5.74, 6) is -0.173. The number of benzene rings is 1. The van der Waals surface area contributed by atoms with E-state index in [1.807, 2.05) is 26.2 Å². The molecule has 0 aromatic heterocycles. The van der Waals surface area contributed by atoms with Crippen LogP contribution < -0.4 is 5.32 Å². The second kappa shape index (κ2) is 7.72. The van der Waals surface area contributed by atoms with E-state index in [0.29, 0.717) is 24.8 Å². The van der Waals surface area contributed by atoms with E-state index >= 15 is 0 Å². The molecular weight excluding hydrogens is 255 g/mol. The average Bonchev–Trinajstić information content (AvgIpc) is 3.22. The third kappa shape index (κ3) is 5.57. The van der Waals surface area contributed by atoms with Gasteiger partial charge in [0.25, 0.3) is 0 Å². The first-order chi connectivity index (χ1) is 9.65. The topological polar surface area (TPSA) is 24.5 Å². The van der Waals surface area contributed by atoms with Gasteiger partial charge in [0.2, 0.25) is 0 Å². The molecule has 1 aliphatic carbocycles. The largest absolute Gasteiger partial charge is 0.377 e. The maximum Gasteiger partial charge on any atom is 0.128 e. The molecule has 0 bridgehead atoms. The minimum Gasteiger partial charge on any atom is -0.377 e. The first-order valence-electron chi connectivity index (χ1n) is 7.38. The Hall–Kier alpha value is -0.970. The van der Waals surface area contributed by atoms with E-state index in [2.05, 4.69) is 10.2 Å². The summed E-state index contributed by atoms with van der Waals surface area (Å²) in [5.41, 5.74) is 1.79. The number of ether oxygens (including phenoxy) is 1. The second-order valence-corrected chi connectivity index (χ2v) is 5.79. The SMILES string of the molecule is CN(C)CCCOCc1cc(CNC2CC2)ccc1F. The van der Waals surface area contributed by atoms with E-state index in [1.54, 1.807) is 6.07 Å². The van der Waals surface area contributed by atoms with Crippen LogP contribution in [0, 0.1) is 5.82 Å². The van der Waals surface area contributed by atoms with Crippen molar-refractivity contribution in [1.29, 1.82) is 0 Å². The molecule has 0 saturated heterocycles. The fourth-order valence-corrected chi connectivity index (χ4v) is 2.06. The lowest BCUT2D eigenvalue weighted by molar-refractivity contribution is 0.111. The van der Waals surface area contributed by atoms with E-state index in [1.165, 1.54) is 12.8 Å². The van der Waals surface area contributed by atoms with Crippen molar-refractivity contribution in [3.8, 4) is 0 Å². The summed E-state index contributed by atoms with van der Waals surface area (Å²) in [6.45, 7) is 2.84. The molecule has 1 fully saturated rings. The summed E-state index contributed by atoms with van der Waals surface area (Å²) < 4.78 is 19.3. The van der Waals surface area contributed by atoms with E-state index in [9.17, 15) is 4.39 Å². The lowest BCUT2D eigenvalue weighted by Crippen LogP contribution is -2.16. The maximum atomic E-state index is 13.7. The highest BCUT2D eigenvalue weighted by molar-refractivity contribution is 5.24. The number of nitrogens with zero attached hydrogens (tertiary/aromatic N) is 1. The minimum absolute atomic E-state index is 0.173. The van der Waals surface area contributed by atoms with E-state index in [-0.39, 0.29) is 5.82 Å². The molecule has 1 saturated carbocycles. The van der Waals surface area contributed by atoms with Crippen LogP contribution >= 0.6 is 0 Å². The number of nitrogens with one attached hydrogen (secondary N) is 1. The molecule has 0 amide bonds. The van der Waals surface area contributed by atoms with Gasteiger partial charge < -0.3 is 15.0 Å². The van der Waals surface area contributed by atoms with Gasteiger partial charge in [-0.15, -0.1) is 0 Å². The highest BCUT2D eigenvalue weighted by atomic mass is 19.1. The van der Waals surface area contributed by atoms with Gasteiger partial charge in [0, 0.05) is 24.8 Å². The van der Waals surface area contributed by atoms with Crippen LogP contribution in [0.3, 0.4) is 0 Å². The van der Waals surface area contributed by atoms with E-state index in [0.717, 1.165) is 25.1 Å². The molecule has 112 valence electrons. The summed E-state index contributed by atoms with van der Waals surface area (Å²) in [5, 5.41) is 3.44. The van der Waals surface area contributed by atoms with Crippen molar-refractivity contribution in [2.24, 2.45) is 0 Å². The smallest absolute Gasteiger partial charge is 0.128 e. The molecule has 0 atom stereocenters. The zero-order valence-corrected chi connectivity index (χ0v) is 12.5. The predicted octanol–water partition coefficient (Wildman–Crippen LogP) is 2.55. The number of hydrogen-bond donors (Lipinski definition) is 1. The van der Waals surface area contributed by atoms with Gasteiger partial charge in [-0.25, -0.2) is 4.39 Å². The predicted molar refractivity (Wildman–Crippen MR) is 79.1 cm³/mol. The first kappa shape index (κ1) is 15.4. The third-order valence-corrected chi connectivity index (χ3v) is 3.43. The highest BCUT2D eigenvalue weighted by Crippen LogP contribution is 2.20. The molecule has 20 heavy (non-hydrogen) atoms. The Morgan fingerprint density at radius 2 is 2.15 bits per heavy atom. The molecule has 1 aliphatic rings. The fraction of sp³-hybridized carbons (Fsp3) is 0.625. The maximum absolute atomic E-state index is 13.7. The monoisotopic (exact) mass is 280 g/mol. The van der Waals surface area contributed by atoms with Crippen molar-refractivity contribution in [2.75, 3.05) is 27.2 Å². The first-order valence-corrected chi connectivity index (χ1v) is 7.38. The zero-order valence-electron chi connectivity index (χ0n) is 12.5. The van der Waals surface area contributed by atoms with Crippen molar-refractivity contribution >= 4 is 0 Å². The quantitative estimate of drug-likeness (QED) is 0.704. The second-order valence-electron chi connectivity index (χ2n) is 5.79. The van der Waals surface area contributed by atoms with Gasteiger partial charge in [-0.2, -0.15) is 0 Å². The van der Waals surface area contributed by atoms with Crippen LogP contribution in [0.4, 0.5) is 4.39 Å². The van der Waals surface area contributed by atoms with Crippen LogP contribution in [0.1, 0.15) is 30.4 Å². The van der Waals surface area contributed by atoms with Gasteiger partial charge in [0.05, 0.1) is 6.61 Å². The molecule has 0 spiro atoms. The Kier molecular flexibility index (Phi) is 5.95. The summed E-state index contributed by atoms with van der Waals surface area (Å²) in [6.07, 6.45) is 3.50. The normalized spacial score (nSPS) is 15.0. The lowest BCUT2D eigenvalue weighted by atomic mass is 10.1. The van der Waals surface area contributed by atoms with Crippen LogP contribution in [0.2, 0.25) is 0 Å². The van der Waals surface area contributed by atoms with Crippen molar-refractivity contribution < 1.29 is 9.13 Å². The van der Waals surface area contributed by atoms with Crippen LogP contribution in [0.5, 0.6) is 0 Å². The lowest BCUT2D eigenvalue weighted by Gasteiger charge is -2.11. The zero-order chi connectivity index (χ0) is 14.4. The molecule has 3 nitrogen and oxygen atoms in total. The number of hydrogen-bond acceptors (Lipinski definition) is 3. The number of halogens is 1. The molecule has 0 heterocycles. The average molecular weight is 280 g/mol. The Morgan fingerprint density at radius 3 is 2.85 bits per heavy atom. The molecule has 1 aromatic rings. The standard InChI is InChI=1S/C16H25FN2O/c1-19(2)8-3-9-20-12-14-10-13(4-7-16(14)17)11-18-15-5-6-15/h4,7,10,15,18H,3,5-6,8-9,11-12H2,1-2H3. The van der Waals surface area contributed by atoms with Crippen LogP contribution in [0.25, 0.3) is 0 Å². The number of rotatable bonds is 9. The van der Waals surface area contributed by atoms with Gasteiger partial charge in [-0.1, -0.05) is 6.07 Å². The van der Waals surface area contributed by atoms with Gasteiger partial charge in [0.1, 0.15) is 5.82 Å². The van der Waals surface area contributed by atoms with Crippen LogP contribution in [0.15, 0.2) is 18.2 Å². The molecular formula is C16H25FN2O. The Morgan fingerprint density at radius 1 is 1.35 bits per heavy atom. The van der Waals surface area contributed by atoms with Crippen molar-refractivity contribution in [1.82, 2.24) is 10.2 Å². The molecule has 2 rings (SSSR count). The summed E-state index contributed by atoms with van der Waals surface area (Å²) in [7, 11) is 4.08. The van der Waals surface area contributed by atoms with E-state index < -0.39 is 0 Å². The van der Waals surface area contributed by atoms with Crippen molar-refractivity contribution in [3.63, 3.8) is 0 Å². The van der Waals surface area contributed by atoms with Crippen LogP contribution in [-0.2, 0) is 17.9 Å². The molecule has 4 heteroatoms. The van der Waals surface area contributed by atoms with Crippen molar-refractivity contribution in [2.45, 2.75) is 38.5 Å². The fourth-order valence-electron chi connectivity index (χ4n) is 2.06. The van der Waals surface area contributed by atoms with Gasteiger partial charge in [0.15, 0.2) is 0 Å².